The minimum absolute atomic E-state index is 0. The van der Waals surface area contributed by atoms with Gasteiger partial charge in [-0.05, 0) is 144 Å². The molecule has 15 heteroatoms. The van der Waals surface area contributed by atoms with Gasteiger partial charge < -0.3 is 26.1 Å². The number of nitrogens with zero attached hydrogens (tertiary/aromatic N) is 6. The van der Waals surface area contributed by atoms with Gasteiger partial charge in [0.15, 0.2) is 0 Å². The molecule has 0 fully saturated rings. The molecule has 0 aliphatic carbocycles. The van der Waals surface area contributed by atoms with Crippen molar-refractivity contribution in [1.82, 2.24) is 35.2 Å². The van der Waals surface area contributed by atoms with Crippen molar-refractivity contribution in [2.75, 3.05) is 0 Å². The van der Waals surface area contributed by atoms with Gasteiger partial charge in [0.2, 0.25) is 0 Å². The minimum atomic E-state index is -0.982. The summed E-state index contributed by atoms with van der Waals surface area (Å²) in [7, 11) is 0. The van der Waals surface area contributed by atoms with Crippen LogP contribution >= 0.6 is 0 Å². The highest BCUT2D eigenvalue weighted by molar-refractivity contribution is 5.94. The summed E-state index contributed by atoms with van der Waals surface area (Å²) >= 11 is 0. The number of nitrogens with two attached hydrogens (primary N) is 1. The summed E-state index contributed by atoms with van der Waals surface area (Å²) in [5, 5.41) is 34.4. The number of rotatable bonds is 9. The van der Waals surface area contributed by atoms with Crippen molar-refractivity contribution >= 4 is 55.5 Å². The molecule has 4 aromatic carbocycles. The second kappa shape index (κ2) is 21.6. The van der Waals surface area contributed by atoms with Gasteiger partial charge in [-0.1, -0.05) is 7.43 Å². The first kappa shape index (κ1) is 48.7. The van der Waals surface area contributed by atoms with Crippen LogP contribution in [0.5, 0.6) is 0 Å². The molecule has 0 bridgehead atoms. The number of H-pyrrole nitrogens is 2. The number of pyridine rings is 4. The van der Waals surface area contributed by atoms with Gasteiger partial charge in [0.05, 0.1) is 27.7 Å². The van der Waals surface area contributed by atoms with E-state index < -0.39 is 5.97 Å². The second-order valence-electron chi connectivity index (χ2n) is 16.3. The lowest BCUT2D eigenvalue weighted by molar-refractivity contribution is 0.0696. The molecule has 0 saturated heterocycles. The average molecular weight is 933 g/mol. The largest absolute Gasteiger partial charge is 0.478 e. The first-order valence-electron chi connectivity index (χ1n) is 21.6. The fourth-order valence-corrected chi connectivity index (χ4v) is 7.87. The van der Waals surface area contributed by atoms with E-state index in [0.29, 0.717) is 68.6 Å². The van der Waals surface area contributed by atoms with Gasteiger partial charge in [-0.15, -0.1) is 0 Å². The Balaban J connectivity index is 0.000000172. The van der Waals surface area contributed by atoms with Crippen molar-refractivity contribution in [3.63, 3.8) is 0 Å². The molecule has 0 aliphatic heterocycles. The third-order valence-corrected chi connectivity index (χ3v) is 11.2. The predicted molar refractivity (Wildman–Crippen MR) is 266 cm³/mol. The Kier molecular flexibility index (Phi) is 15.1. The maximum atomic E-state index is 14.3. The molecular formula is C55H46F2N10O3. The Morgan fingerprint density at radius 1 is 0.643 bits per heavy atom. The number of hydrogen-bond donors (Lipinski definition) is 5. The van der Waals surface area contributed by atoms with Gasteiger partial charge >= 0.3 is 5.97 Å². The van der Waals surface area contributed by atoms with Crippen molar-refractivity contribution in [2.45, 2.75) is 47.2 Å². The number of carbonyl (C=O) groups is 2. The molecule has 6 aromatic heterocycles. The number of hydrogen-bond acceptors (Lipinski definition) is 9. The SMILES string of the molecule is C.Cc1cnc2c(C#N)cc(Cc3cc(C(=O)NCc4cc5cc[nH]c5cc4F)ccn3)cc2c1.Cc1cnc2c(C#N)cc(Cc3cc(C(=O)O)ccn3)cc2c1.NCc1cc2cc[nH]c2cc1F. The van der Waals surface area contributed by atoms with Crippen molar-refractivity contribution in [3.8, 4) is 12.1 Å². The van der Waals surface area contributed by atoms with E-state index in [1.807, 2.05) is 50.2 Å². The maximum absolute atomic E-state index is 14.3. The number of aromatic amines is 2. The first-order valence-corrected chi connectivity index (χ1v) is 21.6. The van der Waals surface area contributed by atoms with E-state index >= 15 is 0 Å². The molecule has 6 heterocycles. The number of nitrogens with one attached hydrogen (secondary N) is 3. The lowest BCUT2D eigenvalue weighted by atomic mass is 10.0. The lowest BCUT2D eigenvalue weighted by Crippen LogP contribution is -2.23. The van der Waals surface area contributed by atoms with E-state index in [0.717, 1.165) is 49.3 Å². The monoisotopic (exact) mass is 932 g/mol. The fourth-order valence-electron chi connectivity index (χ4n) is 7.87. The zero-order valence-electron chi connectivity index (χ0n) is 37.3. The van der Waals surface area contributed by atoms with Gasteiger partial charge in [-0.2, -0.15) is 10.5 Å². The minimum Gasteiger partial charge on any atom is -0.478 e. The highest BCUT2D eigenvalue weighted by atomic mass is 19.1. The Morgan fingerprint density at radius 2 is 1.13 bits per heavy atom. The number of fused-ring (bicyclic) bond motifs is 4. The molecule has 70 heavy (non-hydrogen) atoms. The first-order chi connectivity index (χ1) is 33.4. The zero-order valence-corrected chi connectivity index (χ0v) is 37.3. The van der Waals surface area contributed by atoms with Crippen molar-refractivity contribution < 1.29 is 23.5 Å². The summed E-state index contributed by atoms with van der Waals surface area (Å²) in [5.74, 6) is -1.91. The fraction of sp³-hybridized carbons (Fsp3) is 0.127. The third-order valence-electron chi connectivity index (χ3n) is 11.2. The third kappa shape index (κ3) is 11.3. The number of carbonyl (C=O) groups excluding carboxylic acids is 1. The number of aromatic carboxylic acids is 1. The Bertz CT molecular complexity index is 3670. The van der Waals surface area contributed by atoms with Gasteiger partial charge in [0.25, 0.3) is 5.91 Å². The number of nitriles is 2. The zero-order chi connectivity index (χ0) is 48.6. The van der Waals surface area contributed by atoms with Crippen LogP contribution in [0.15, 0.2) is 134 Å². The van der Waals surface area contributed by atoms with E-state index in [4.69, 9.17) is 10.8 Å². The number of aryl methyl sites for hydroxylation is 2. The molecule has 0 radical (unpaired) electrons. The molecule has 6 N–H and O–H groups in total. The number of halogens is 2. The summed E-state index contributed by atoms with van der Waals surface area (Å²) in [6.07, 6.45) is 11.0. The van der Waals surface area contributed by atoms with Crippen LogP contribution in [-0.4, -0.2) is 46.9 Å². The number of carboxylic acids is 1. The maximum Gasteiger partial charge on any atom is 0.335 e. The van der Waals surface area contributed by atoms with E-state index in [1.165, 1.54) is 24.4 Å². The molecule has 13 nitrogen and oxygen atoms in total. The second-order valence-corrected chi connectivity index (χ2v) is 16.3. The van der Waals surface area contributed by atoms with Crippen LogP contribution in [0.4, 0.5) is 8.78 Å². The number of carboxylic acid groups (broad SMARTS) is 1. The van der Waals surface area contributed by atoms with Crippen LogP contribution in [0, 0.1) is 48.1 Å². The van der Waals surface area contributed by atoms with Gasteiger partial charge in [0.1, 0.15) is 23.8 Å². The number of aromatic nitrogens is 6. The lowest BCUT2D eigenvalue weighted by Gasteiger charge is -2.09. The van der Waals surface area contributed by atoms with E-state index in [1.54, 1.807) is 73.4 Å². The molecule has 0 atom stereocenters. The van der Waals surface area contributed by atoms with Crippen LogP contribution < -0.4 is 11.1 Å². The summed E-state index contributed by atoms with van der Waals surface area (Å²) in [5.41, 5.74) is 16.0. The summed E-state index contributed by atoms with van der Waals surface area (Å²) in [6.45, 7) is 4.22. The number of amides is 1. The van der Waals surface area contributed by atoms with Crippen molar-refractivity contribution in [3.05, 3.63) is 213 Å². The standard InChI is InChI=1S/C27H20FN5O.C18H13N3O2.C9H9FN2.CH4/c1-16-6-20-7-17(8-21(13-29)26(20)32-14-16)9-23-11-19(3-4-30-23)27(34)33-15-22-10-18-2-5-31-25(18)12-24(22)28;1-11-4-14-5-12(6-15(9-19)17(14)21-10-11)7-16-8-13(18(22)23)2-3-20-16;10-8-4-9-6(1-2-12-9)3-7(8)5-11;/h2-8,10-12,14,31H,9,15H2,1H3,(H,33,34);2-6,8,10H,7H2,1H3,(H,22,23);1-4,12H,5,11H2;1H4. The summed E-state index contributed by atoms with van der Waals surface area (Å²) < 4.78 is 27.4. The van der Waals surface area contributed by atoms with Gasteiger partial charge in [0, 0.05) is 113 Å². The van der Waals surface area contributed by atoms with Gasteiger partial charge in [-0.25, -0.2) is 13.6 Å². The van der Waals surface area contributed by atoms with Crippen molar-refractivity contribution in [2.24, 2.45) is 5.73 Å². The molecule has 10 rings (SSSR count). The van der Waals surface area contributed by atoms with Crippen LogP contribution in [0.1, 0.15) is 84.0 Å². The predicted octanol–water partition coefficient (Wildman–Crippen LogP) is 10.5. The Labute approximate surface area is 401 Å². The Morgan fingerprint density at radius 3 is 1.63 bits per heavy atom. The molecule has 0 unspecified atom stereocenters. The number of benzene rings is 4. The molecule has 1 amide bonds. The topological polar surface area (TPSA) is 223 Å². The normalized spacial score (nSPS) is 10.6. The van der Waals surface area contributed by atoms with Gasteiger partial charge in [-0.3, -0.25) is 24.7 Å². The quantitative estimate of drug-likeness (QED) is 0.0921. The van der Waals surface area contributed by atoms with Crippen LogP contribution in [0.25, 0.3) is 43.6 Å². The molecular weight excluding hydrogens is 887 g/mol. The van der Waals surface area contributed by atoms with E-state index in [2.05, 4.69) is 47.4 Å². The van der Waals surface area contributed by atoms with Crippen LogP contribution in [0.2, 0.25) is 0 Å². The summed E-state index contributed by atoms with van der Waals surface area (Å²) in [4.78, 5) is 47.0. The smallest absolute Gasteiger partial charge is 0.335 e. The highest BCUT2D eigenvalue weighted by Gasteiger charge is 2.13. The molecule has 0 saturated carbocycles. The molecule has 0 spiro atoms. The van der Waals surface area contributed by atoms with E-state index in [9.17, 15) is 28.9 Å². The van der Waals surface area contributed by atoms with Crippen molar-refractivity contribution in [1.29, 1.82) is 10.5 Å². The van der Waals surface area contributed by atoms with Crippen LogP contribution in [-0.2, 0) is 25.9 Å². The van der Waals surface area contributed by atoms with Crippen LogP contribution in [0.3, 0.4) is 0 Å². The Hall–Kier alpha value is -9.18. The molecule has 10 aromatic rings. The highest BCUT2D eigenvalue weighted by Crippen LogP contribution is 2.24. The summed E-state index contributed by atoms with van der Waals surface area (Å²) in [6, 6.07) is 32.4. The molecule has 0 aliphatic rings. The average Bonchev–Trinajstić information content (AvgIpc) is 4.01. The molecule has 348 valence electrons. The van der Waals surface area contributed by atoms with E-state index in [-0.39, 0.29) is 43.6 Å².